The Bertz CT molecular complexity index is 531. The molecule has 19 heavy (non-hydrogen) atoms. The monoisotopic (exact) mass is 260 g/mol. The fourth-order valence-electron chi connectivity index (χ4n) is 1.81. The maximum atomic E-state index is 13.0. The molecule has 3 nitrogen and oxygen atoms in total. The number of rotatable bonds is 6. The molecule has 0 saturated heterocycles. The van der Waals surface area contributed by atoms with Gasteiger partial charge in [-0.3, -0.25) is 0 Å². The zero-order valence-electron chi connectivity index (χ0n) is 10.9. The molecular weight excluding hydrogens is 243 g/mol. The highest BCUT2D eigenvalue weighted by atomic mass is 19.1. The molecular formula is C15H17FN2O. The maximum absolute atomic E-state index is 13.0. The van der Waals surface area contributed by atoms with Gasteiger partial charge in [0.15, 0.2) is 0 Å². The highest BCUT2D eigenvalue weighted by molar-refractivity contribution is 5.17. The van der Waals surface area contributed by atoms with Gasteiger partial charge in [-0.05, 0) is 36.7 Å². The summed E-state index contributed by atoms with van der Waals surface area (Å²) in [6.45, 7) is 1.45. The molecule has 0 fully saturated rings. The Balaban J connectivity index is 1.77. The predicted molar refractivity (Wildman–Crippen MR) is 72.6 cm³/mol. The molecule has 0 atom stereocenters. The first-order valence-corrected chi connectivity index (χ1v) is 6.23. The van der Waals surface area contributed by atoms with Crippen LogP contribution < -0.4 is 10.1 Å². The van der Waals surface area contributed by atoms with Crippen LogP contribution in [0.15, 0.2) is 42.5 Å². The molecule has 2 rings (SSSR count). The molecule has 0 aliphatic heterocycles. The first kappa shape index (κ1) is 13.5. The van der Waals surface area contributed by atoms with Gasteiger partial charge in [0.2, 0.25) is 5.88 Å². The van der Waals surface area contributed by atoms with Crippen molar-refractivity contribution in [3.05, 3.63) is 59.5 Å². The van der Waals surface area contributed by atoms with Gasteiger partial charge in [0, 0.05) is 12.6 Å². The summed E-state index contributed by atoms with van der Waals surface area (Å²) in [6, 6.07) is 12.3. The van der Waals surface area contributed by atoms with E-state index in [4.69, 9.17) is 4.74 Å². The third kappa shape index (κ3) is 4.34. The highest BCUT2D eigenvalue weighted by Gasteiger charge is 1.98. The predicted octanol–water partition coefficient (Wildman–Crippen LogP) is 2.56. The normalized spacial score (nSPS) is 10.4. The molecule has 0 spiro atoms. The average molecular weight is 260 g/mol. The van der Waals surface area contributed by atoms with Crippen molar-refractivity contribution >= 4 is 0 Å². The third-order valence-corrected chi connectivity index (χ3v) is 2.78. The molecule has 1 aromatic carbocycles. The molecule has 0 saturated carbocycles. The fraction of sp³-hybridized carbons (Fsp3) is 0.267. The lowest BCUT2D eigenvalue weighted by atomic mass is 10.1. The van der Waals surface area contributed by atoms with Crippen molar-refractivity contribution in [2.45, 2.75) is 13.0 Å². The minimum Gasteiger partial charge on any atom is -0.481 e. The van der Waals surface area contributed by atoms with Crippen LogP contribution in [0, 0.1) is 5.82 Å². The number of hydrogen-bond acceptors (Lipinski definition) is 3. The van der Waals surface area contributed by atoms with E-state index in [-0.39, 0.29) is 5.82 Å². The van der Waals surface area contributed by atoms with Crippen LogP contribution in [0.4, 0.5) is 4.39 Å². The molecule has 0 aliphatic rings. The molecule has 0 unspecified atom stereocenters. The van der Waals surface area contributed by atoms with Crippen molar-refractivity contribution in [2.75, 3.05) is 13.7 Å². The number of aromatic nitrogens is 1. The molecule has 1 heterocycles. The zero-order chi connectivity index (χ0) is 13.5. The van der Waals surface area contributed by atoms with Crippen LogP contribution in [0.1, 0.15) is 11.3 Å². The summed E-state index contributed by atoms with van der Waals surface area (Å²) < 4.78 is 18.0. The molecule has 0 amide bonds. The SMILES string of the molecule is COc1cccc(CNCCc2cccc(F)c2)n1. The number of nitrogens with zero attached hydrogens (tertiary/aromatic N) is 1. The van der Waals surface area contributed by atoms with Crippen LogP contribution in [0.3, 0.4) is 0 Å². The van der Waals surface area contributed by atoms with Gasteiger partial charge in [0.05, 0.1) is 12.8 Å². The van der Waals surface area contributed by atoms with Crippen molar-refractivity contribution in [2.24, 2.45) is 0 Å². The van der Waals surface area contributed by atoms with Crippen LogP contribution in [0.25, 0.3) is 0 Å². The van der Waals surface area contributed by atoms with Gasteiger partial charge in [0.25, 0.3) is 0 Å². The van der Waals surface area contributed by atoms with Gasteiger partial charge in [-0.1, -0.05) is 18.2 Å². The first-order chi connectivity index (χ1) is 9.28. The number of benzene rings is 1. The van der Waals surface area contributed by atoms with Crippen LogP contribution >= 0.6 is 0 Å². The fourth-order valence-corrected chi connectivity index (χ4v) is 1.81. The number of pyridine rings is 1. The van der Waals surface area contributed by atoms with Crippen molar-refractivity contribution < 1.29 is 9.13 Å². The summed E-state index contributed by atoms with van der Waals surface area (Å²) in [6.07, 6.45) is 0.793. The largest absolute Gasteiger partial charge is 0.481 e. The Morgan fingerprint density at radius 3 is 2.84 bits per heavy atom. The molecule has 100 valence electrons. The number of nitrogens with one attached hydrogen (secondary N) is 1. The standard InChI is InChI=1S/C15H17FN2O/c1-19-15-7-3-6-14(18-15)11-17-9-8-12-4-2-5-13(16)10-12/h2-7,10,17H,8-9,11H2,1H3. The van der Waals surface area contributed by atoms with Gasteiger partial charge in [-0.25, -0.2) is 9.37 Å². The summed E-state index contributed by atoms with van der Waals surface area (Å²) in [4.78, 5) is 4.31. The summed E-state index contributed by atoms with van der Waals surface area (Å²) in [7, 11) is 1.60. The summed E-state index contributed by atoms with van der Waals surface area (Å²) in [5, 5.41) is 3.28. The van der Waals surface area contributed by atoms with Crippen LogP contribution in [-0.2, 0) is 13.0 Å². The molecule has 1 aromatic heterocycles. The zero-order valence-corrected chi connectivity index (χ0v) is 10.9. The maximum Gasteiger partial charge on any atom is 0.213 e. The lowest BCUT2D eigenvalue weighted by Crippen LogP contribution is -2.17. The lowest BCUT2D eigenvalue weighted by molar-refractivity contribution is 0.395. The van der Waals surface area contributed by atoms with Gasteiger partial charge in [-0.2, -0.15) is 0 Å². The minimum atomic E-state index is -0.188. The topological polar surface area (TPSA) is 34.1 Å². The van der Waals surface area contributed by atoms with E-state index >= 15 is 0 Å². The molecule has 1 N–H and O–H groups in total. The van der Waals surface area contributed by atoms with E-state index in [0.717, 1.165) is 24.2 Å². The number of hydrogen-bond donors (Lipinski definition) is 1. The van der Waals surface area contributed by atoms with E-state index in [0.29, 0.717) is 12.4 Å². The van der Waals surface area contributed by atoms with Crippen molar-refractivity contribution in [3.63, 3.8) is 0 Å². The second-order valence-corrected chi connectivity index (χ2v) is 4.23. The van der Waals surface area contributed by atoms with Crippen LogP contribution in [0.2, 0.25) is 0 Å². The first-order valence-electron chi connectivity index (χ1n) is 6.23. The minimum absolute atomic E-state index is 0.188. The van der Waals surface area contributed by atoms with E-state index in [1.54, 1.807) is 19.2 Å². The van der Waals surface area contributed by atoms with E-state index in [1.807, 2.05) is 24.3 Å². The molecule has 4 heteroatoms. The van der Waals surface area contributed by atoms with E-state index < -0.39 is 0 Å². The number of ether oxygens (including phenoxy) is 1. The quantitative estimate of drug-likeness (QED) is 0.811. The van der Waals surface area contributed by atoms with Gasteiger partial charge in [-0.15, -0.1) is 0 Å². The van der Waals surface area contributed by atoms with E-state index in [2.05, 4.69) is 10.3 Å². The average Bonchev–Trinajstić information content (AvgIpc) is 2.44. The van der Waals surface area contributed by atoms with Crippen LogP contribution in [0.5, 0.6) is 5.88 Å². The Hall–Kier alpha value is -1.94. The Kier molecular flexibility index (Phi) is 4.86. The van der Waals surface area contributed by atoms with Crippen molar-refractivity contribution in [3.8, 4) is 5.88 Å². The molecule has 0 aliphatic carbocycles. The Morgan fingerprint density at radius 2 is 2.05 bits per heavy atom. The summed E-state index contributed by atoms with van der Waals surface area (Å²) in [5.41, 5.74) is 1.92. The van der Waals surface area contributed by atoms with Crippen molar-refractivity contribution in [1.82, 2.24) is 10.3 Å². The van der Waals surface area contributed by atoms with Crippen LogP contribution in [-0.4, -0.2) is 18.6 Å². The molecule has 2 aromatic rings. The number of methoxy groups -OCH3 is 1. The van der Waals surface area contributed by atoms with E-state index in [1.165, 1.54) is 6.07 Å². The number of halogens is 1. The Morgan fingerprint density at radius 1 is 1.21 bits per heavy atom. The Labute approximate surface area is 112 Å². The van der Waals surface area contributed by atoms with Gasteiger partial charge >= 0.3 is 0 Å². The molecule has 0 bridgehead atoms. The van der Waals surface area contributed by atoms with Gasteiger partial charge < -0.3 is 10.1 Å². The smallest absolute Gasteiger partial charge is 0.213 e. The van der Waals surface area contributed by atoms with Gasteiger partial charge in [0.1, 0.15) is 5.82 Å². The summed E-state index contributed by atoms with van der Waals surface area (Å²) in [5.74, 6) is 0.427. The second kappa shape index (κ2) is 6.85. The molecule has 0 radical (unpaired) electrons. The van der Waals surface area contributed by atoms with Crippen molar-refractivity contribution in [1.29, 1.82) is 0 Å². The second-order valence-electron chi connectivity index (χ2n) is 4.23. The highest BCUT2D eigenvalue weighted by Crippen LogP contribution is 2.06. The lowest BCUT2D eigenvalue weighted by Gasteiger charge is -2.06. The van der Waals surface area contributed by atoms with E-state index in [9.17, 15) is 4.39 Å². The summed E-state index contributed by atoms with van der Waals surface area (Å²) >= 11 is 0. The third-order valence-electron chi connectivity index (χ3n) is 2.78.